The Kier molecular flexibility index (Phi) is 3.77. The minimum absolute atomic E-state index is 0.525. The minimum atomic E-state index is 0.525. The lowest BCUT2D eigenvalue weighted by atomic mass is 10.1. The quantitative estimate of drug-likeness (QED) is 0.743. The third-order valence-electron chi connectivity index (χ3n) is 3.45. The molecule has 1 aliphatic carbocycles. The van der Waals surface area contributed by atoms with Gasteiger partial charge in [-0.2, -0.15) is 0 Å². The van der Waals surface area contributed by atoms with Crippen molar-refractivity contribution in [3.63, 3.8) is 0 Å². The molecule has 1 aromatic rings. The number of anilines is 2. The van der Waals surface area contributed by atoms with E-state index in [1.807, 2.05) is 18.2 Å². The van der Waals surface area contributed by atoms with Gasteiger partial charge in [0.2, 0.25) is 0 Å². The number of methoxy groups -OCH3 is 1. The first-order valence-electron chi connectivity index (χ1n) is 6.43. The second kappa shape index (κ2) is 5.30. The van der Waals surface area contributed by atoms with E-state index < -0.39 is 0 Å². The van der Waals surface area contributed by atoms with Gasteiger partial charge >= 0.3 is 0 Å². The zero-order valence-electron chi connectivity index (χ0n) is 10.7. The van der Waals surface area contributed by atoms with Crippen molar-refractivity contribution in [3.05, 3.63) is 18.2 Å². The predicted octanol–water partition coefficient (Wildman–Crippen LogP) is 3.27. The van der Waals surface area contributed by atoms with E-state index in [0.29, 0.717) is 11.7 Å². The Morgan fingerprint density at radius 2 is 2.24 bits per heavy atom. The fourth-order valence-corrected chi connectivity index (χ4v) is 2.15. The van der Waals surface area contributed by atoms with Crippen molar-refractivity contribution >= 4 is 11.4 Å². The molecule has 0 heterocycles. The number of nitrogens with one attached hydrogen (secondary N) is 1. The molecule has 1 unspecified atom stereocenters. The summed E-state index contributed by atoms with van der Waals surface area (Å²) in [4.78, 5) is 0. The Balaban J connectivity index is 2.04. The molecule has 1 aliphatic rings. The van der Waals surface area contributed by atoms with Gasteiger partial charge < -0.3 is 15.8 Å². The van der Waals surface area contributed by atoms with Crippen molar-refractivity contribution in [2.24, 2.45) is 5.92 Å². The smallest absolute Gasteiger partial charge is 0.143 e. The first kappa shape index (κ1) is 12.1. The summed E-state index contributed by atoms with van der Waals surface area (Å²) in [5.41, 5.74) is 7.77. The van der Waals surface area contributed by atoms with E-state index in [1.54, 1.807) is 7.11 Å². The van der Waals surface area contributed by atoms with E-state index in [-0.39, 0.29) is 0 Å². The summed E-state index contributed by atoms with van der Waals surface area (Å²) in [6.45, 7) is 2.22. The average Bonchev–Trinajstić information content (AvgIpc) is 3.14. The molecule has 0 spiro atoms. The van der Waals surface area contributed by atoms with Gasteiger partial charge in [-0.05, 0) is 30.9 Å². The normalized spacial score (nSPS) is 16.6. The molecule has 0 amide bonds. The fraction of sp³-hybridized carbons (Fsp3) is 0.571. The topological polar surface area (TPSA) is 47.3 Å². The van der Waals surface area contributed by atoms with E-state index in [9.17, 15) is 0 Å². The van der Waals surface area contributed by atoms with Crippen molar-refractivity contribution in [1.82, 2.24) is 0 Å². The molecule has 3 N–H and O–H groups in total. The van der Waals surface area contributed by atoms with Crippen LogP contribution < -0.4 is 15.8 Å². The molecular formula is C14H22N2O. The van der Waals surface area contributed by atoms with Crippen molar-refractivity contribution in [1.29, 1.82) is 0 Å². The predicted molar refractivity (Wildman–Crippen MR) is 72.4 cm³/mol. The second-order valence-electron chi connectivity index (χ2n) is 4.85. The average molecular weight is 234 g/mol. The summed E-state index contributed by atoms with van der Waals surface area (Å²) in [6.07, 6.45) is 5.18. The molecule has 0 aliphatic heterocycles. The molecule has 1 fully saturated rings. The Morgan fingerprint density at radius 1 is 1.47 bits per heavy atom. The van der Waals surface area contributed by atoms with E-state index in [2.05, 4.69) is 12.2 Å². The van der Waals surface area contributed by atoms with Gasteiger partial charge in [-0.1, -0.05) is 25.8 Å². The van der Waals surface area contributed by atoms with E-state index in [1.165, 1.54) is 19.3 Å². The number of para-hydroxylation sites is 1. The van der Waals surface area contributed by atoms with Gasteiger partial charge in [0.05, 0.1) is 18.5 Å². The molecule has 1 atom stereocenters. The van der Waals surface area contributed by atoms with Crippen LogP contribution >= 0.6 is 0 Å². The number of rotatable bonds is 6. The van der Waals surface area contributed by atoms with Crippen LogP contribution in [0.2, 0.25) is 0 Å². The molecule has 3 heteroatoms. The number of benzene rings is 1. The summed E-state index contributed by atoms with van der Waals surface area (Å²) >= 11 is 0. The highest BCUT2D eigenvalue weighted by atomic mass is 16.5. The Labute approximate surface area is 103 Å². The van der Waals surface area contributed by atoms with Gasteiger partial charge in [0.25, 0.3) is 0 Å². The SMILES string of the molecule is CCC(CC1CC1)Nc1cccc(OC)c1N. The molecule has 1 aromatic carbocycles. The summed E-state index contributed by atoms with van der Waals surface area (Å²) < 4.78 is 5.23. The molecule has 0 radical (unpaired) electrons. The van der Waals surface area contributed by atoms with Crippen LogP contribution in [0.1, 0.15) is 32.6 Å². The third kappa shape index (κ3) is 3.05. The zero-order chi connectivity index (χ0) is 12.3. The van der Waals surface area contributed by atoms with E-state index in [0.717, 1.165) is 23.8 Å². The highest BCUT2D eigenvalue weighted by Gasteiger charge is 2.25. The molecule has 0 bridgehead atoms. The van der Waals surface area contributed by atoms with Crippen LogP contribution in [0.3, 0.4) is 0 Å². The van der Waals surface area contributed by atoms with Crippen molar-refractivity contribution in [3.8, 4) is 5.75 Å². The van der Waals surface area contributed by atoms with Gasteiger partial charge in [0, 0.05) is 6.04 Å². The van der Waals surface area contributed by atoms with Crippen LogP contribution in [0, 0.1) is 5.92 Å². The summed E-state index contributed by atoms with van der Waals surface area (Å²) in [5.74, 6) is 1.68. The van der Waals surface area contributed by atoms with Crippen LogP contribution in [-0.2, 0) is 0 Å². The Morgan fingerprint density at radius 3 is 2.82 bits per heavy atom. The van der Waals surface area contributed by atoms with Crippen molar-refractivity contribution in [2.45, 2.75) is 38.6 Å². The maximum atomic E-state index is 6.06. The zero-order valence-corrected chi connectivity index (χ0v) is 10.7. The molecule has 3 nitrogen and oxygen atoms in total. The Hall–Kier alpha value is -1.38. The van der Waals surface area contributed by atoms with Gasteiger partial charge in [0.1, 0.15) is 5.75 Å². The molecule has 17 heavy (non-hydrogen) atoms. The molecule has 2 rings (SSSR count). The van der Waals surface area contributed by atoms with E-state index >= 15 is 0 Å². The van der Waals surface area contributed by atoms with Gasteiger partial charge in [-0.25, -0.2) is 0 Å². The first-order valence-corrected chi connectivity index (χ1v) is 6.43. The molecule has 0 saturated heterocycles. The van der Waals surface area contributed by atoms with E-state index in [4.69, 9.17) is 10.5 Å². The number of ether oxygens (including phenoxy) is 1. The third-order valence-corrected chi connectivity index (χ3v) is 3.45. The van der Waals surface area contributed by atoms with Crippen LogP contribution in [-0.4, -0.2) is 13.2 Å². The lowest BCUT2D eigenvalue weighted by Gasteiger charge is -2.20. The highest BCUT2D eigenvalue weighted by molar-refractivity contribution is 5.73. The largest absolute Gasteiger partial charge is 0.495 e. The van der Waals surface area contributed by atoms with Crippen molar-refractivity contribution < 1.29 is 4.74 Å². The van der Waals surface area contributed by atoms with Crippen LogP contribution in [0.5, 0.6) is 5.75 Å². The van der Waals surface area contributed by atoms with Gasteiger partial charge in [-0.15, -0.1) is 0 Å². The maximum absolute atomic E-state index is 6.06. The molecule has 1 saturated carbocycles. The first-order chi connectivity index (χ1) is 8.24. The van der Waals surface area contributed by atoms with Crippen LogP contribution in [0.4, 0.5) is 11.4 Å². The van der Waals surface area contributed by atoms with Crippen LogP contribution in [0.25, 0.3) is 0 Å². The monoisotopic (exact) mass is 234 g/mol. The van der Waals surface area contributed by atoms with Gasteiger partial charge in [-0.3, -0.25) is 0 Å². The van der Waals surface area contributed by atoms with Gasteiger partial charge in [0.15, 0.2) is 0 Å². The molecule has 0 aromatic heterocycles. The minimum Gasteiger partial charge on any atom is -0.495 e. The highest BCUT2D eigenvalue weighted by Crippen LogP contribution is 2.36. The summed E-state index contributed by atoms with van der Waals surface area (Å²) in [6, 6.07) is 6.41. The van der Waals surface area contributed by atoms with Crippen LogP contribution in [0.15, 0.2) is 18.2 Å². The van der Waals surface area contributed by atoms with Crippen molar-refractivity contribution in [2.75, 3.05) is 18.2 Å². The maximum Gasteiger partial charge on any atom is 0.143 e. The number of nitrogens with two attached hydrogens (primary N) is 1. The number of hydrogen-bond acceptors (Lipinski definition) is 3. The molecule has 94 valence electrons. The molecular weight excluding hydrogens is 212 g/mol. The second-order valence-corrected chi connectivity index (χ2v) is 4.85. The standard InChI is InChI=1S/C14H22N2O/c1-3-11(9-10-7-8-10)16-12-5-4-6-13(17-2)14(12)15/h4-6,10-11,16H,3,7-9,15H2,1-2H3. The Bertz CT molecular complexity index is 374. The number of nitrogen functional groups attached to an aromatic ring is 1. The number of hydrogen-bond donors (Lipinski definition) is 2. The summed E-state index contributed by atoms with van der Waals surface area (Å²) in [5, 5.41) is 3.54. The summed E-state index contributed by atoms with van der Waals surface area (Å²) in [7, 11) is 1.65. The lowest BCUT2D eigenvalue weighted by Crippen LogP contribution is -2.20. The lowest BCUT2D eigenvalue weighted by molar-refractivity contribution is 0.417. The fourth-order valence-electron chi connectivity index (χ4n) is 2.15.